The maximum atomic E-state index is 13.1. The second-order valence-corrected chi connectivity index (χ2v) is 11.6. The van der Waals surface area contributed by atoms with E-state index in [0.29, 0.717) is 12.8 Å². The van der Waals surface area contributed by atoms with Crippen LogP contribution in [0.3, 0.4) is 0 Å². The summed E-state index contributed by atoms with van der Waals surface area (Å²) in [6.45, 7) is 2.82. The molecule has 4 N–H and O–H groups in total. The van der Waals surface area contributed by atoms with E-state index in [9.17, 15) is 30.0 Å². The van der Waals surface area contributed by atoms with Gasteiger partial charge in [0, 0.05) is 0 Å². The molecule has 9 heteroatoms. The predicted octanol–water partition coefficient (Wildman–Crippen LogP) is 5.64. The van der Waals surface area contributed by atoms with Gasteiger partial charge in [0.25, 0.3) is 5.60 Å². The molecule has 0 saturated heterocycles. The van der Waals surface area contributed by atoms with Crippen LogP contribution in [-0.4, -0.2) is 76.4 Å². The lowest BCUT2D eigenvalue weighted by atomic mass is 9.87. The van der Waals surface area contributed by atoms with Gasteiger partial charge in [0.1, 0.15) is 12.2 Å². The van der Waals surface area contributed by atoms with Crippen molar-refractivity contribution < 1.29 is 44.2 Å². The van der Waals surface area contributed by atoms with Crippen LogP contribution in [0.2, 0.25) is 0 Å². The molecular weight excluding hydrogens is 540 g/mol. The van der Waals surface area contributed by atoms with Crippen LogP contribution in [0.15, 0.2) is 11.5 Å². The minimum Gasteiger partial charge on any atom is -0.489 e. The topological polar surface area (TPSA) is 143 Å². The van der Waals surface area contributed by atoms with Crippen molar-refractivity contribution in [1.29, 1.82) is 0 Å². The molecule has 0 aromatic carbocycles. The molecule has 0 fully saturated rings. The number of rotatable bonds is 29. The molecule has 3 atom stereocenters. The lowest BCUT2D eigenvalue weighted by Gasteiger charge is -2.33. The maximum absolute atomic E-state index is 13.1. The zero-order valence-electron chi connectivity index (χ0n) is 26.5. The van der Waals surface area contributed by atoms with Crippen molar-refractivity contribution >= 4 is 11.8 Å². The van der Waals surface area contributed by atoms with Crippen molar-refractivity contribution in [3.05, 3.63) is 11.5 Å². The van der Waals surface area contributed by atoms with Gasteiger partial charge in [-0.2, -0.15) is 0 Å². The molecule has 0 aromatic heterocycles. The average molecular weight is 601 g/mol. The molecule has 1 aliphatic heterocycles. The van der Waals surface area contributed by atoms with Crippen LogP contribution in [-0.2, 0) is 23.8 Å². The minimum absolute atomic E-state index is 0.135. The molecule has 1 rings (SSSR count). The van der Waals surface area contributed by atoms with E-state index in [-0.39, 0.29) is 24.7 Å². The van der Waals surface area contributed by atoms with Gasteiger partial charge in [0.15, 0.2) is 0 Å². The Hall–Kier alpha value is -1.68. The van der Waals surface area contributed by atoms with Gasteiger partial charge in [-0.15, -0.1) is 0 Å². The lowest BCUT2D eigenvalue weighted by Crippen LogP contribution is -2.58. The van der Waals surface area contributed by atoms with Gasteiger partial charge < -0.3 is 34.6 Å². The van der Waals surface area contributed by atoms with E-state index in [1.807, 2.05) is 0 Å². The molecule has 0 aromatic rings. The number of unbranched alkanes of at least 4 members (excludes halogenated alkanes) is 18. The summed E-state index contributed by atoms with van der Waals surface area (Å²) in [7, 11) is 0. The molecule has 1 aliphatic rings. The fourth-order valence-corrected chi connectivity index (χ4v) is 5.33. The number of esters is 1. The summed E-state index contributed by atoms with van der Waals surface area (Å²) in [5.41, 5.74) is -2.49. The Morgan fingerprint density at radius 3 is 1.48 bits per heavy atom. The normalized spacial score (nSPS) is 18.3. The highest BCUT2D eigenvalue weighted by molar-refractivity contribution is 6.03. The number of hydrogen-bond donors (Lipinski definition) is 4. The number of hydrogen-bond acceptors (Lipinski definition) is 9. The second kappa shape index (κ2) is 23.7. The van der Waals surface area contributed by atoms with Crippen LogP contribution < -0.4 is 0 Å². The molecule has 0 spiro atoms. The van der Waals surface area contributed by atoms with Crippen LogP contribution in [0, 0.1) is 0 Å². The van der Waals surface area contributed by atoms with Gasteiger partial charge in [0.2, 0.25) is 17.3 Å². The van der Waals surface area contributed by atoms with Crippen molar-refractivity contribution in [2.75, 3.05) is 26.4 Å². The second-order valence-electron chi connectivity index (χ2n) is 11.6. The molecule has 1 unspecified atom stereocenters. The third-order valence-corrected chi connectivity index (χ3v) is 7.96. The summed E-state index contributed by atoms with van der Waals surface area (Å²) in [5.74, 6) is -2.86. The maximum Gasteiger partial charge on any atom is 0.378 e. The van der Waals surface area contributed by atoms with Crippen LogP contribution in [0.5, 0.6) is 0 Å². The number of ether oxygens (including phenoxy) is 3. The van der Waals surface area contributed by atoms with Gasteiger partial charge in [-0.3, -0.25) is 4.79 Å². The minimum atomic E-state index is -2.49. The van der Waals surface area contributed by atoms with Crippen LogP contribution in [0.1, 0.15) is 142 Å². The van der Waals surface area contributed by atoms with Gasteiger partial charge in [-0.05, 0) is 12.8 Å². The van der Waals surface area contributed by atoms with E-state index >= 15 is 0 Å². The predicted molar refractivity (Wildman–Crippen MR) is 163 cm³/mol. The Labute approximate surface area is 254 Å². The van der Waals surface area contributed by atoms with E-state index < -0.39 is 42.8 Å². The number of carbonyl (C=O) groups excluding carboxylic acids is 2. The Balaban J connectivity index is 2.64. The molecule has 0 radical (unpaired) electrons. The fraction of sp³-hybridized carbons (Fsp3) is 0.879. The molecule has 246 valence electrons. The van der Waals surface area contributed by atoms with E-state index in [1.165, 1.54) is 64.2 Å². The summed E-state index contributed by atoms with van der Waals surface area (Å²) in [5, 5.41) is 39.8. The smallest absolute Gasteiger partial charge is 0.378 e. The van der Waals surface area contributed by atoms with Crippen LogP contribution >= 0.6 is 0 Å². The molecule has 0 aliphatic carbocycles. The molecule has 42 heavy (non-hydrogen) atoms. The quantitative estimate of drug-likeness (QED) is 0.0633. The molecular formula is C33H60O9. The first kappa shape index (κ1) is 38.3. The highest BCUT2D eigenvalue weighted by atomic mass is 16.6. The van der Waals surface area contributed by atoms with Gasteiger partial charge in [0.05, 0.1) is 26.4 Å². The largest absolute Gasteiger partial charge is 0.489 e. The van der Waals surface area contributed by atoms with Gasteiger partial charge >= 0.3 is 5.97 Å². The van der Waals surface area contributed by atoms with E-state index in [0.717, 1.165) is 51.4 Å². The number of aliphatic hydroxyl groups excluding tert-OH is 4. The molecule has 9 nitrogen and oxygen atoms in total. The first-order valence-electron chi connectivity index (χ1n) is 16.8. The zero-order valence-corrected chi connectivity index (χ0v) is 26.5. The number of aliphatic hydroxyl groups is 4. The lowest BCUT2D eigenvalue weighted by molar-refractivity contribution is -0.179. The number of ketones is 1. The number of Topliss-reactive ketones (excluding diaryl/α,β-unsaturated/α-hetero) is 1. The van der Waals surface area contributed by atoms with Crippen LogP contribution in [0.4, 0.5) is 0 Å². The number of cyclic esters (lactones) is 1. The third-order valence-electron chi connectivity index (χ3n) is 7.96. The van der Waals surface area contributed by atoms with Crippen molar-refractivity contribution in [2.45, 2.75) is 160 Å². The zero-order chi connectivity index (χ0) is 31.1. The molecule has 0 bridgehead atoms. The molecule has 1 heterocycles. The van der Waals surface area contributed by atoms with Gasteiger partial charge in [-0.1, -0.05) is 129 Å². The van der Waals surface area contributed by atoms with Gasteiger partial charge in [-0.25, -0.2) is 4.79 Å². The first-order valence-corrected chi connectivity index (χ1v) is 16.8. The van der Waals surface area contributed by atoms with Crippen molar-refractivity contribution in [3.8, 4) is 0 Å². The average Bonchev–Trinajstić information content (AvgIpc) is 3.28. The molecule has 0 amide bonds. The summed E-state index contributed by atoms with van der Waals surface area (Å²) < 4.78 is 16.9. The molecule has 0 saturated carbocycles. The van der Waals surface area contributed by atoms with Crippen molar-refractivity contribution in [1.82, 2.24) is 0 Å². The van der Waals surface area contributed by atoms with E-state index in [2.05, 4.69) is 13.8 Å². The standard InChI is InChI=1S/C33H60O9/c1-3-5-7-9-11-12-13-14-15-16-17-18-20-22-24-41-31-29(40-23-21-19-10-8-6-4-2)32(39)42-33(31,28(37)26-35)30(38)27(36)25-34/h27-28,34-37H,3-26H2,1-2H3/t27?,28-,33-/m0/s1. The summed E-state index contributed by atoms with van der Waals surface area (Å²) in [6.07, 6.45) is 18.9. The highest BCUT2D eigenvalue weighted by Gasteiger charge is 2.62. The summed E-state index contributed by atoms with van der Waals surface area (Å²) in [4.78, 5) is 25.9. The number of carbonyl (C=O) groups is 2. The third kappa shape index (κ3) is 13.3. The summed E-state index contributed by atoms with van der Waals surface area (Å²) >= 11 is 0. The van der Waals surface area contributed by atoms with E-state index in [1.54, 1.807) is 0 Å². The SMILES string of the molecule is CCCCCCCCCCCCCCCCOC1=C(OCCCCCCCC)C(=O)O[C@]1(C(=O)C(O)CO)[C@@H](O)CO. The van der Waals surface area contributed by atoms with E-state index in [4.69, 9.17) is 14.2 Å². The first-order chi connectivity index (χ1) is 20.4. The fourth-order valence-electron chi connectivity index (χ4n) is 5.33. The Morgan fingerprint density at radius 2 is 1.07 bits per heavy atom. The summed E-state index contributed by atoms with van der Waals surface area (Å²) in [6, 6.07) is 0. The monoisotopic (exact) mass is 600 g/mol. The van der Waals surface area contributed by atoms with Crippen LogP contribution in [0.25, 0.3) is 0 Å². The highest BCUT2D eigenvalue weighted by Crippen LogP contribution is 2.39. The Morgan fingerprint density at radius 1 is 0.667 bits per heavy atom. The van der Waals surface area contributed by atoms with Crippen molar-refractivity contribution in [2.24, 2.45) is 0 Å². The van der Waals surface area contributed by atoms with Crippen molar-refractivity contribution in [3.63, 3.8) is 0 Å². The Bertz CT molecular complexity index is 754. The Kier molecular flexibility index (Phi) is 21.7.